The van der Waals surface area contributed by atoms with Gasteiger partial charge in [-0.3, -0.25) is 0 Å². The van der Waals surface area contributed by atoms with Crippen molar-refractivity contribution in [2.24, 2.45) is 0 Å². The number of aromatic nitrogens is 2. The van der Waals surface area contributed by atoms with Crippen molar-refractivity contribution < 1.29 is 4.39 Å². The van der Waals surface area contributed by atoms with Crippen LogP contribution in [0.3, 0.4) is 0 Å². The van der Waals surface area contributed by atoms with E-state index in [1.165, 1.54) is 37.0 Å². The molecule has 20 heavy (non-hydrogen) atoms. The fourth-order valence-corrected chi connectivity index (χ4v) is 2.73. The minimum Gasteiger partial charge on any atom is -0.307 e. The molecule has 0 unspecified atom stereocenters. The molecule has 0 spiro atoms. The average molecular weight is 273 g/mol. The van der Waals surface area contributed by atoms with Crippen molar-refractivity contribution in [3.63, 3.8) is 0 Å². The van der Waals surface area contributed by atoms with E-state index in [4.69, 9.17) is 0 Å². The van der Waals surface area contributed by atoms with Crippen molar-refractivity contribution in [3.8, 4) is 5.69 Å². The molecule has 1 heterocycles. The molecule has 1 aliphatic rings. The predicted octanol–water partition coefficient (Wildman–Crippen LogP) is 3.52. The van der Waals surface area contributed by atoms with Crippen LogP contribution in [0.5, 0.6) is 0 Å². The first-order valence-electron chi connectivity index (χ1n) is 7.21. The Labute approximate surface area is 118 Å². The van der Waals surface area contributed by atoms with Crippen LogP contribution in [-0.2, 0) is 0 Å². The number of hydrogen-bond donors (Lipinski definition) is 1. The predicted molar refractivity (Wildman–Crippen MR) is 77.4 cm³/mol. The van der Waals surface area contributed by atoms with Crippen LogP contribution in [0.25, 0.3) is 5.69 Å². The van der Waals surface area contributed by atoms with Crippen LogP contribution in [0.1, 0.15) is 43.5 Å². The van der Waals surface area contributed by atoms with Crippen molar-refractivity contribution in [2.75, 3.05) is 0 Å². The third-order valence-corrected chi connectivity index (χ3v) is 4.16. The fourth-order valence-electron chi connectivity index (χ4n) is 2.73. The van der Waals surface area contributed by atoms with Crippen molar-refractivity contribution >= 4 is 0 Å². The molecule has 4 heteroatoms. The molecule has 1 atom stereocenters. The number of nitrogens with one attached hydrogen (secondary N) is 1. The van der Waals surface area contributed by atoms with Crippen LogP contribution in [0, 0.1) is 12.7 Å². The summed E-state index contributed by atoms with van der Waals surface area (Å²) >= 11 is 0. The molecule has 1 aliphatic carbocycles. The summed E-state index contributed by atoms with van der Waals surface area (Å²) in [5.74, 6) is -0.236. The summed E-state index contributed by atoms with van der Waals surface area (Å²) in [6.45, 7) is 4.20. The molecule has 1 aromatic carbocycles. The van der Waals surface area contributed by atoms with Crippen molar-refractivity contribution in [3.05, 3.63) is 47.5 Å². The Hall–Kier alpha value is -1.68. The zero-order valence-corrected chi connectivity index (χ0v) is 11.9. The number of benzene rings is 1. The highest BCUT2D eigenvalue weighted by Crippen LogP contribution is 2.25. The van der Waals surface area contributed by atoms with Gasteiger partial charge in [0.1, 0.15) is 5.82 Å². The first-order valence-corrected chi connectivity index (χ1v) is 7.21. The molecule has 2 aromatic rings. The Bertz CT molecular complexity index is 602. The maximum absolute atomic E-state index is 13.3. The zero-order valence-electron chi connectivity index (χ0n) is 11.9. The largest absolute Gasteiger partial charge is 0.307 e. The van der Waals surface area contributed by atoms with Gasteiger partial charge in [-0.1, -0.05) is 12.5 Å². The summed E-state index contributed by atoms with van der Waals surface area (Å²) < 4.78 is 15.1. The number of nitrogens with zero attached hydrogens (tertiary/aromatic N) is 2. The van der Waals surface area contributed by atoms with Gasteiger partial charge in [0.2, 0.25) is 0 Å². The highest BCUT2D eigenvalue weighted by Gasteiger charge is 2.22. The summed E-state index contributed by atoms with van der Waals surface area (Å²) in [6.07, 6.45) is 5.74. The SMILES string of the molecule is Cc1c([C@@H](C)NC2CCC2)cnn1-c1cccc(F)c1. The monoisotopic (exact) mass is 273 g/mol. The molecule has 0 amide bonds. The first-order chi connectivity index (χ1) is 9.65. The maximum atomic E-state index is 13.3. The van der Waals surface area contributed by atoms with E-state index >= 15 is 0 Å². The smallest absolute Gasteiger partial charge is 0.125 e. The lowest BCUT2D eigenvalue weighted by molar-refractivity contribution is 0.313. The van der Waals surface area contributed by atoms with E-state index in [-0.39, 0.29) is 11.9 Å². The summed E-state index contributed by atoms with van der Waals surface area (Å²) in [4.78, 5) is 0. The standard InChI is InChI=1S/C16H20FN3/c1-11(19-14-6-4-7-14)16-10-18-20(12(16)2)15-8-3-5-13(17)9-15/h3,5,8-11,14,19H,4,6-7H2,1-2H3/t11-/m1/s1. The van der Waals surface area contributed by atoms with E-state index in [1.807, 2.05) is 19.2 Å². The molecule has 1 fully saturated rings. The molecular formula is C16H20FN3. The lowest BCUT2D eigenvalue weighted by Crippen LogP contribution is -2.36. The average Bonchev–Trinajstić information content (AvgIpc) is 2.75. The maximum Gasteiger partial charge on any atom is 0.125 e. The van der Waals surface area contributed by atoms with E-state index < -0.39 is 0 Å². The van der Waals surface area contributed by atoms with E-state index in [1.54, 1.807) is 10.7 Å². The highest BCUT2D eigenvalue weighted by molar-refractivity contribution is 5.35. The van der Waals surface area contributed by atoms with Gasteiger partial charge in [-0.2, -0.15) is 5.10 Å². The van der Waals surface area contributed by atoms with Crippen LogP contribution >= 0.6 is 0 Å². The van der Waals surface area contributed by atoms with Gasteiger partial charge in [0, 0.05) is 23.3 Å². The van der Waals surface area contributed by atoms with E-state index in [0.29, 0.717) is 6.04 Å². The second-order valence-corrected chi connectivity index (χ2v) is 5.59. The minimum absolute atomic E-state index is 0.236. The Morgan fingerprint density at radius 2 is 2.20 bits per heavy atom. The molecule has 1 saturated carbocycles. The molecule has 106 valence electrons. The Balaban J connectivity index is 1.84. The van der Waals surface area contributed by atoms with Gasteiger partial charge in [-0.05, 0) is 44.9 Å². The van der Waals surface area contributed by atoms with Gasteiger partial charge in [0.05, 0.1) is 11.9 Å². The first kappa shape index (κ1) is 13.3. The molecular weight excluding hydrogens is 253 g/mol. The summed E-state index contributed by atoms with van der Waals surface area (Å²) in [5.41, 5.74) is 3.01. The Kier molecular flexibility index (Phi) is 3.57. The molecule has 3 nitrogen and oxygen atoms in total. The fraction of sp³-hybridized carbons (Fsp3) is 0.438. The van der Waals surface area contributed by atoms with Gasteiger partial charge in [-0.25, -0.2) is 9.07 Å². The van der Waals surface area contributed by atoms with Gasteiger partial charge < -0.3 is 5.32 Å². The highest BCUT2D eigenvalue weighted by atomic mass is 19.1. The Morgan fingerprint density at radius 3 is 2.85 bits per heavy atom. The zero-order chi connectivity index (χ0) is 14.1. The van der Waals surface area contributed by atoms with Crippen molar-refractivity contribution in [1.29, 1.82) is 0 Å². The molecule has 3 rings (SSSR count). The summed E-state index contributed by atoms with van der Waals surface area (Å²) in [5, 5.41) is 8.03. The normalized spacial score (nSPS) is 16.9. The topological polar surface area (TPSA) is 29.9 Å². The van der Waals surface area contributed by atoms with Crippen LogP contribution in [-0.4, -0.2) is 15.8 Å². The lowest BCUT2D eigenvalue weighted by Gasteiger charge is -2.30. The van der Waals surface area contributed by atoms with Crippen molar-refractivity contribution in [2.45, 2.75) is 45.2 Å². The Morgan fingerprint density at radius 1 is 1.40 bits per heavy atom. The van der Waals surface area contributed by atoms with Crippen LogP contribution in [0.15, 0.2) is 30.5 Å². The van der Waals surface area contributed by atoms with Crippen molar-refractivity contribution in [1.82, 2.24) is 15.1 Å². The van der Waals surface area contributed by atoms with Crippen LogP contribution in [0.2, 0.25) is 0 Å². The summed E-state index contributed by atoms with van der Waals surface area (Å²) in [7, 11) is 0. The molecule has 0 bridgehead atoms. The third kappa shape index (κ3) is 2.48. The van der Waals surface area contributed by atoms with Crippen LogP contribution in [0.4, 0.5) is 4.39 Å². The quantitative estimate of drug-likeness (QED) is 0.923. The second-order valence-electron chi connectivity index (χ2n) is 5.59. The molecule has 0 radical (unpaired) electrons. The molecule has 0 aliphatic heterocycles. The van der Waals surface area contributed by atoms with E-state index in [2.05, 4.69) is 17.3 Å². The lowest BCUT2D eigenvalue weighted by atomic mass is 9.92. The van der Waals surface area contributed by atoms with Gasteiger partial charge >= 0.3 is 0 Å². The van der Waals surface area contributed by atoms with E-state index in [9.17, 15) is 4.39 Å². The number of halogens is 1. The van der Waals surface area contributed by atoms with Gasteiger partial charge in [0.15, 0.2) is 0 Å². The van der Waals surface area contributed by atoms with Crippen LogP contribution < -0.4 is 5.32 Å². The third-order valence-electron chi connectivity index (χ3n) is 4.16. The van der Waals surface area contributed by atoms with E-state index in [0.717, 1.165) is 11.4 Å². The number of hydrogen-bond acceptors (Lipinski definition) is 2. The number of rotatable bonds is 4. The molecule has 1 N–H and O–H groups in total. The molecule has 1 aromatic heterocycles. The minimum atomic E-state index is -0.236. The molecule has 0 saturated heterocycles. The van der Waals surface area contributed by atoms with Gasteiger partial charge in [0.25, 0.3) is 0 Å². The second kappa shape index (κ2) is 5.37. The van der Waals surface area contributed by atoms with Gasteiger partial charge in [-0.15, -0.1) is 0 Å². The summed E-state index contributed by atoms with van der Waals surface area (Å²) in [6, 6.07) is 7.46.